The maximum Gasteiger partial charge on any atom is 0.323 e. The molecule has 0 saturated carbocycles. The van der Waals surface area contributed by atoms with Gasteiger partial charge >= 0.3 is 23.9 Å². The summed E-state index contributed by atoms with van der Waals surface area (Å²) in [4.78, 5) is 48.2. The molecule has 0 aliphatic carbocycles. The van der Waals surface area contributed by atoms with Gasteiger partial charge in [0.1, 0.15) is 12.6 Å². The molecule has 0 unspecified atom stereocenters. The maximum absolute atomic E-state index is 12.3. The van der Waals surface area contributed by atoms with Crippen molar-refractivity contribution in [2.75, 3.05) is 20.3 Å². The summed E-state index contributed by atoms with van der Waals surface area (Å²) >= 11 is 0. The zero-order chi connectivity index (χ0) is 25.8. The summed E-state index contributed by atoms with van der Waals surface area (Å²) in [7, 11) is 1.28. The molecule has 1 atom stereocenters. The summed E-state index contributed by atoms with van der Waals surface area (Å²) in [5, 5.41) is 3.02. The average molecular weight is 480 g/mol. The molecule has 1 N–H and O–H groups in total. The van der Waals surface area contributed by atoms with Gasteiger partial charge in [-0.05, 0) is 30.0 Å². The molecule has 9 heteroatoms. The van der Waals surface area contributed by atoms with Crippen LogP contribution in [-0.2, 0) is 35.1 Å². The quantitative estimate of drug-likeness (QED) is 0.259. The highest BCUT2D eigenvalue weighted by atomic mass is 16.6. The van der Waals surface area contributed by atoms with Crippen molar-refractivity contribution >= 4 is 23.9 Å². The molecule has 0 aliphatic heterocycles. The second-order valence-corrected chi connectivity index (χ2v) is 8.99. The number of rotatable bonds is 13. The first-order valence-corrected chi connectivity index (χ1v) is 11.5. The van der Waals surface area contributed by atoms with Crippen LogP contribution in [0.15, 0.2) is 18.2 Å². The Bertz CT molecular complexity index is 847. The molecule has 0 fully saturated rings. The minimum Gasteiger partial charge on any atom is -0.468 e. The van der Waals surface area contributed by atoms with E-state index in [-0.39, 0.29) is 54.8 Å². The number of ether oxygens (including phenoxy) is 4. The van der Waals surface area contributed by atoms with Crippen LogP contribution in [0.4, 0.5) is 0 Å². The fourth-order valence-electron chi connectivity index (χ4n) is 2.70. The number of hydrogen-bond acceptors (Lipinski definition) is 9. The van der Waals surface area contributed by atoms with Gasteiger partial charge in [-0.1, -0.05) is 47.6 Å². The number of hydrogen-bond donors (Lipinski definition) is 1. The first kappa shape index (κ1) is 29.1. The van der Waals surface area contributed by atoms with E-state index < -0.39 is 23.9 Å². The molecule has 0 aliphatic rings. The Labute approximate surface area is 201 Å². The molecule has 1 aromatic carbocycles. The lowest BCUT2D eigenvalue weighted by Gasteiger charge is -2.18. The number of benzene rings is 1. The van der Waals surface area contributed by atoms with Crippen LogP contribution in [0, 0.1) is 17.8 Å². The summed E-state index contributed by atoms with van der Waals surface area (Å²) in [6.45, 7) is 11.0. The predicted molar refractivity (Wildman–Crippen MR) is 125 cm³/mol. The minimum absolute atomic E-state index is 0.0939. The largest absolute Gasteiger partial charge is 0.468 e. The van der Waals surface area contributed by atoms with E-state index in [1.165, 1.54) is 13.2 Å². The summed E-state index contributed by atoms with van der Waals surface area (Å²) in [6, 6.07) is 4.03. The molecule has 1 aromatic rings. The van der Waals surface area contributed by atoms with Crippen molar-refractivity contribution < 1.29 is 38.1 Å². The molecule has 0 aromatic heterocycles. The number of nitrogens with one attached hydrogen (secondary N) is 1. The van der Waals surface area contributed by atoms with E-state index in [2.05, 4.69) is 5.32 Å². The van der Waals surface area contributed by atoms with Gasteiger partial charge in [0.05, 0.1) is 18.9 Å². The minimum atomic E-state index is -0.730. The molecule has 34 heavy (non-hydrogen) atoms. The lowest BCUT2D eigenvalue weighted by molar-refractivity contribution is -0.144. The molecular weight excluding hydrogens is 442 g/mol. The van der Waals surface area contributed by atoms with Gasteiger partial charge in [0, 0.05) is 13.0 Å². The van der Waals surface area contributed by atoms with Crippen molar-refractivity contribution in [3.63, 3.8) is 0 Å². The van der Waals surface area contributed by atoms with E-state index in [0.29, 0.717) is 12.0 Å². The highest BCUT2D eigenvalue weighted by Crippen LogP contribution is 2.30. The zero-order valence-corrected chi connectivity index (χ0v) is 21.1. The van der Waals surface area contributed by atoms with E-state index >= 15 is 0 Å². The van der Waals surface area contributed by atoms with Gasteiger partial charge in [0.25, 0.3) is 0 Å². The van der Waals surface area contributed by atoms with Crippen LogP contribution in [0.1, 0.15) is 53.5 Å². The van der Waals surface area contributed by atoms with Crippen molar-refractivity contribution in [1.82, 2.24) is 5.32 Å². The van der Waals surface area contributed by atoms with Gasteiger partial charge in [-0.15, -0.1) is 0 Å². The Morgan fingerprint density at radius 3 is 1.97 bits per heavy atom. The van der Waals surface area contributed by atoms with E-state index in [1.54, 1.807) is 39.8 Å². The first-order valence-electron chi connectivity index (χ1n) is 11.5. The number of carbonyl (C=O) groups excluding carboxylic acids is 4. The standard InChI is InChI=1S/C25H37NO8/c1-15(2)12-22(27)32-11-10-26-19(25(30)31-7)13-18-8-9-20(33-23(28)16(3)4)21(14-18)34-24(29)17(5)6/h8-9,14-17,19,26H,10-13H2,1-7H3/t19-/m0/s1. The highest BCUT2D eigenvalue weighted by Gasteiger charge is 2.22. The van der Waals surface area contributed by atoms with Gasteiger partial charge in [-0.25, -0.2) is 0 Å². The Morgan fingerprint density at radius 2 is 1.44 bits per heavy atom. The lowest BCUT2D eigenvalue weighted by atomic mass is 10.0. The van der Waals surface area contributed by atoms with Crippen molar-refractivity contribution in [2.24, 2.45) is 17.8 Å². The van der Waals surface area contributed by atoms with Crippen molar-refractivity contribution in [2.45, 2.75) is 60.4 Å². The molecule has 0 spiro atoms. The summed E-state index contributed by atoms with van der Waals surface area (Å²) < 4.78 is 20.9. The van der Waals surface area contributed by atoms with Crippen LogP contribution in [-0.4, -0.2) is 50.2 Å². The smallest absolute Gasteiger partial charge is 0.323 e. The molecular formula is C25H37NO8. The normalized spacial score (nSPS) is 11.9. The zero-order valence-electron chi connectivity index (χ0n) is 21.1. The Morgan fingerprint density at radius 1 is 0.853 bits per heavy atom. The molecule has 0 heterocycles. The highest BCUT2D eigenvalue weighted by molar-refractivity contribution is 5.78. The SMILES string of the molecule is COC(=O)[C@H](Cc1ccc(OC(=O)C(C)C)c(OC(=O)C(C)C)c1)NCCOC(=O)CC(C)C. The van der Waals surface area contributed by atoms with Gasteiger partial charge in [0.15, 0.2) is 11.5 Å². The summed E-state index contributed by atoms with van der Waals surface area (Å²) in [6.07, 6.45) is 0.531. The van der Waals surface area contributed by atoms with Crippen LogP contribution >= 0.6 is 0 Å². The fourth-order valence-corrected chi connectivity index (χ4v) is 2.70. The van der Waals surface area contributed by atoms with Crippen LogP contribution in [0.2, 0.25) is 0 Å². The van der Waals surface area contributed by atoms with Crippen LogP contribution in [0.3, 0.4) is 0 Å². The number of methoxy groups -OCH3 is 1. The second kappa shape index (κ2) is 14.3. The third-order valence-electron chi connectivity index (χ3n) is 4.63. The van der Waals surface area contributed by atoms with Gasteiger partial charge in [0.2, 0.25) is 0 Å². The summed E-state index contributed by atoms with van der Waals surface area (Å²) in [5.74, 6) is -2.08. The predicted octanol–water partition coefficient (Wildman–Crippen LogP) is 3.07. The third-order valence-corrected chi connectivity index (χ3v) is 4.63. The second-order valence-electron chi connectivity index (χ2n) is 8.99. The first-order chi connectivity index (χ1) is 15.9. The van der Waals surface area contributed by atoms with E-state index in [0.717, 1.165) is 0 Å². The molecule has 0 radical (unpaired) electrons. The van der Waals surface area contributed by atoms with Crippen molar-refractivity contribution in [3.05, 3.63) is 23.8 Å². The molecule has 0 saturated heterocycles. The third kappa shape index (κ3) is 10.3. The Kier molecular flexibility index (Phi) is 12.3. The number of carbonyl (C=O) groups is 4. The Balaban J connectivity index is 2.97. The van der Waals surface area contributed by atoms with Crippen molar-refractivity contribution in [1.29, 1.82) is 0 Å². The lowest BCUT2D eigenvalue weighted by Crippen LogP contribution is -2.41. The van der Waals surface area contributed by atoms with E-state index in [9.17, 15) is 19.2 Å². The molecule has 1 rings (SSSR count). The van der Waals surface area contributed by atoms with Crippen LogP contribution < -0.4 is 14.8 Å². The monoisotopic (exact) mass is 479 g/mol. The molecule has 0 bridgehead atoms. The fraction of sp³-hybridized carbons (Fsp3) is 0.600. The van der Waals surface area contributed by atoms with E-state index in [1.807, 2.05) is 13.8 Å². The number of esters is 4. The molecule has 0 amide bonds. The van der Waals surface area contributed by atoms with Crippen LogP contribution in [0.5, 0.6) is 11.5 Å². The molecule has 9 nitrogen and oxygen atoms in total. The van der Waals surface area contributed by atoms with Crippen LogP contribution in [0.25, 0.3) is 0 Å². The topological polar surface area (TPSA) is 117 Å². The van der Waals surface area contributed by atoms with Gasteiger partial charge < -0.3 is 24.3 Å². The van der Waals surface area contributed by atoms with E-state index in [4.69, 9.17) is 18.9 Å². The Hall–Kier alpha value is -2.94. The maximum atomic E-state index is 12.3. The van der Waals surface area contributed by atoms with Gasteiger partial charge in [-0.2, -0.15) is 0 Å². The van der Waals surface area contributed by atoms with Gasteiger partial charge in [-0.3, -0.25) is 19.2 Å². The average Bonchev–Trinajstić information content (AvgIpc) is 2.76. The summed E-state index contributed by atoms with van der Waals surface area (Å²) in [5.41, 5.74) is 0.649. The van der Waals surface area contributed by atoms with Crippen molar-refractivity contribution in [3.8, 4) is 11.5 Å². The molecule has 190 valence electrons.